The predicted molar refractivity (Wildman–Crippen MR) is 67.4 cm³/mol. The summed E-state index contributed by atoms with van der Waals surface area (Å²) in [6, 6.07) is 5.15. The highest BCUT2D eigenvalue weighted by atomic mass is 35.5. The average Bonchev–Trinajstić information content (AvgIpc) is 2.73. The molecule has 0 aliphatic rings. The zero-order valence-electron chi connectivity index (χ0n) is 10.2. The van der Waals surface area contributed by atoms with Crippen LogP contribution in [0.15, 0.2) is 24.5 Å². The van der Waals surface area contributed by atoms with Crippen LogP contribution in [-0.2, 0) is 13.7 Å². The van der Waals surface area contributed by atoms with E-state index in [4.69, 9.17) is 16.3 Å². The van der Waals surface area contributed by atoms with Gasteiger partial charge in [0.05, 0.1) is 6.10 Å². The summed E-state index contributed by atoms with van der Waals surface area (Å²) < 4.78 is 7.27. The minimum Gasteiger partial charge on any atom is -0.485 e. The summed E-state index contributed by atoms with van der Waals surface area (Å²) in [5.41, 5.74) is 0.657. The van der Waals surface area contributed by atoms with Gasteiger partial charge in [0.25, 0.3) is 0 Å². The first kappa shape index (κ1) is 12.9. The second kappa shape index (κ2) is 5.37. The smallest absolute Gasteiger partial charge is 0.164 e. The third-order valence-electron chi connectivity index (χ3n) is 2.58. The molecule has 0 spiro atoms. The SMILES string of the molecule is CC(O)c1cc(Cl)ccc1OCc1ncnn1C. The van der Waals surface area contributed by atoms with E-state index in [1.807, 2.05) is 0 Å². The number of aliphatic hydroxyl groups excluding tert-OH is 1. The number of hydrogen-bond donors (Lipinski definition) is 1. The summed E-state index contributed by atoms with van der Waals surface area (Å²) in [5.74, 6) is 1.30. The molecule has 1 heterocycles. The van der Waals surface area contributed by atoms with Gasteiger partial charge in [-0.3, -0.25) is 4.68 Å². The number of halogens is 1. The van der Waals surface area contributed by atoms with Gasteiger partial charge >= 0.3 is 0 Å². The molecule has 1 aromatic heterocycles. The van der Waals surface area contributed by atoms with Gasteiger partial charge in [0.1, 0.15) is 18.7 Å². The number of hydrogen-bond acceptors (Lipinski definition) is 4. The maximum Gasteiger partial charge on any atom is 0.164 e. The minimum absolute atomic E-state index is 0.290. The van der Waals surface area contributed by atoms with Crippen molar-refractivity contribution in [2.75, 3.05) is 0 Å². The summed E-state index contributed by atoms with van der Waals surface area (Å²) in [6.07, 6.45) is 0.828. The van der Waals surface area contributed by atoms with Crippen LogP contribution in [0.4, 0.5) is 0 Å². The van der Waals surface area contributed by atoms with E-state index in [1.54, 1.807) is 36.9 Å². The molecule has 0 fully saturated rings. The van der Waals surface area contributed by atoms with E-state index in [1.165, 1.54) is 6.33 Å². The van der Waals surface area contributed by atoms with Crippen LogP contribution >= 0.6 is 11.6 Å². The monoisotopic (exact) mass is 267 g/mol. The number of aliphatic hydroxyl groups is 1. The Morgan fingerprint density at radius 3 is 2.89 bits per heavy atom. The molecule has 2 aromatic rings. The molecule has 5 nitrogen and oxygen atoms in total. The molecule has 1 N–H and O–H groups in total. The number of nitrogens with zero attached hydrogens (tertiary/aromatic N) is 3. The lowest BCUT2D eigenvalue weighted by Gasteiger charge is -2.13. The third kappa shape index (κ3) is 2.80. The van der Waals surface area contributed by atoms with E-state index in [2.05, 4.69) is 10.1 Å². The maximum atomic E-state index is 9.67. The number of rotatable bonds is 4. The molecule has 0 amide bonds. The van der Waals surface area contributed by atoms with Gasteiger partial charge < -0.3 is 9.84 Å². The highest BCUT2D eigenvalue weighted by molar-refractivity contribution is 6.30. The van der Waals surface area contributed by atoms with Crippen molar-refractivity contribution < 1.29 is 9.84 Å². The Morgan fingerprint density at radius 1 is 1.50 bits per heavy atom. The van der Waals surface area contributed by atoms with Gasteiger partial charge in [-0.25, -0.2) is 4.98 Å². The van der Waals surface area contributed by atoms with Gasteiger partial charge in [0.2, 0.25) is 0 Å². The van der Waals surface area contributed by atoms with Gasteiger partial charge in [-0.15, -0.1) is 0 Å². The number of aromatic nitrogens is 3. The first-order valence-electron chi connectivity index (χ1n) is 5.51. The Kier molecular flexibility index (Phi) is 3.84. The molecule has 1 unspecified atom stereocenters. The Balaban J connectivity index is 2.16. The van der Waals surface area contributed by atoms with Crippen LogP contribution in [0.1, 0.15) is 24.4 Å². The molecule has 0 saturated heterocycles. The Labute approximate surface area is 110 Å². The van der Waals surface area contributed by atoms with Crippen molar-refractivity contribution in [3.8, 4) is 5.75 Å². The van der Waals surface area contributed by atoms with Crippen molar-refractivity contribution in [2.45, 2.75) is 19.6 Å². The second-order valence-corrected chi connectivity index (χ2v) is 4.38. The fourth-order valence-corrected chi connectivity index (χ4v) is 1.75. The largest absolute Gasteiger partial charge is 0.485 e. The molecule has 18 heavy (non-hydrogen) atoms. The quantitative estimate of drug-likeness (QED) is 0.922. The second-order valence-electron chi connectivity index (χ2n) is 3.95. The molecule has 96 valence electrons. The van der Waals surface area contributed by atoms with Crippen LogP contribution in [-0.4, -0.2) is 19.9 Å². The lowest BCUT2D eigenvalue weighted by Crippen LogP contribution is -2.06. The van der Waals surface area contributed by atoms with Crippen molar-refractivity contribution in [2.24, 2.45) is 7.05 Å². The van der Waals surface area contributed by atoms with Gasteiger partial charge in [-0.05, 0) is 25.1 Å². The van der Waals surface area contributed by atoms with E-state index >= 15 is 0 Å². The summed E-state index contributed by atoms with van der Waals surface area (Å²) in [5, 5.41) is 14.2. The molecular formula is C12H14ClN3O2. The average molecular weight is 268 g/mol. The highest BCUT2D eigenvalue weighted by Gasteiger charge is 2.11. The van der Waals surface area contributed by atoms with E-state index in [0.29, 0.717) is 22.2 Å². The van der Waals surface area contributed by atoms with Crippen LogP contribution in [0.3, 0.4) is 0 Å². The molecule has 6 heteroatoms. The topological polar surface area (TPSA) is 60.2 Å². The highest BCUT2D eigenvalue weighted by Crippen LogP contribution is 2.28. The van der Waals surface area contributed by atoms with Crippen LogP contribution < -0.4 is 4.74 Å². The summed E-state index contributed by atoms with van der Waals surface area (Å²) in [4.78, 5) is 4.06. The molecule has 0 bridgehead atoms. The molecule has 1 aromatic carbocycles. The predicted octanol–water partition coefficient (Wildman–Crippen LogP) is 2.10. The number of ether oxygens (including phenoxy) is 1. The van der Waals surface area contributed by atoms with Crippen molar-refractivity contribution in [3.05, 3.63) is 40.9 Å². The fraction of sp³-hybridized carbons (Fsp3) is 0.333. The van der Waals surface area contributed by atoms with E-state index in [0.717, 1.165) is 0 Å². The standard InChI is InChI=1S/C12H14ClN3O2/c1-8(17)10-5-9(13)3-4-11(10)18-6-12-14-7-15-16(12)2/h3-5,7-8,17H,6H2,1-2H3. The van der Waals surface area contributed by atoms with Gasteiger partial charge in [-0.2, -0.15) is 5.10 Å². The Bertz CT molecular complexity index is 540. The molecule has 0 aliphatic carbocycles. The van der Waals surface area contributed by atoms with Gasteiger partial charge in [-0.1, -0.05) is 11.6 Å². The molecule has 1 atom stereocenters. The van der Waals surface area contributed by atoms with Crippen LogP contribution in [0, 0.1) is 0 Å². The lowest BCUT2D eigenvalue weighted by molar-refractivity contribution is 0.189. The first-order chi connectivity index (χ1) is 8.58. The molecular weight excluding hydrogens is 254 g/mol. The van der Waals surface area contributed by atoms with E-state index < -0.39 is 6.10 Å². The molecule has 2 rings (SSSR count). The van der Waals surface area contributed by atoms with Crippen molar-refractivity contribution in [3.63, 3.8) is 0 Å². The lowest BCUT2D eigenvalue weighted by atomic mass is 10.1. The zero-order chi connectivity index (χ0) is 13.1. The Hall–Kier alpha value is -1.59. The van der Waals surface area contributed by atoms with E-state index in [-0.39, 0.29) is 6.61 Å². The van der Waals surface area contributed by atoms with Crippen LogP contribution in [0.2, 0.25) is 5.02 Å². The molecule has 0 aliphatic heterocycles. The van der Waals surface area contributed by atoms with Gasteiger partial charge in [0.15, 0.2) is 5.82 Å². The van der Waals surface area contributed by atoms with Crippen molar-refractivity contribution in [1.29, 1.82) is 0 Å². The Morgan fingerprint density at radius 2 is 2.28 bits per heavy atom. The minimum atomic E-state index is -0.641. The van der Waals surface area contributed by atoms with Crippen molar-refractivity contribution >= 4 is 11.6 Å². The van der Waals surface area contributed by atoms with E-state index in [9.17, 15) is 5.11 Å². The zero-order valence-corrected chi connectivity index (χ0v) is 10.9. The summed E-state index contributed by atoms with van der Waals surface area (Å²) in [7, 11) is 1.79. The molecule has 0 saturated carbocycles. The summed E-state index contributed by atoms with van der Waals surface area (Å²) >= 11 is 5.89. The normalized spacial score (nSPS) is 12.4. The molecule has 0 radical (unpaired) electrons. The number of aryl methyl sites for hydroxylation is 1. The third-order valence-corrected chi connectivity index (χ3v) is 2.82. The summed E-state index contributed by atoms with van der Waals surface area (Å²) in [6.45, 7) is 1.96. The van der Waals surface area contributed by atoms with Gasteiger partial charge in [0, 0.05) is 17.6 Å². The van der Waals surface area contributed by atoms with Crippen molar-refractivity contribution in [1.82, 2.24) is 14.8 Å². The van der Waals surface area contributed by atoms with Crippen LogP contribution in [0.25, 0.3) is 0 Å². The maximum absolute atomic E-state index is 9.67. The number of benzene rings is 1. The van der Waals surface area contributed by atoms with Crippen LogP contribution in [0.5, 0.6) is 5.75 Å². The first-order valence-corrected chi connectivity index (χ1v) is 5.89. The fourth-order valence-electron chi connectivity index (χ4n) is 1.57.